The van der Waals surface area contributed by atoms with Gasteiger partial charge in [0.05, 0.1) is 6.04 Å². The minimum absolute atomic E-state index is 0.0954. The fraction of sp³-hybridized carbons (Fsp3) is 0.333. The number of thioether (sulfide) groups is 1. The van der Waals surface area contributed by atoms with Crippen molar-refractivity contribution in [3.05, 3.63) is 35.4 Å². The zero-order chi connectivity index (χ0) is 13.2. The van der Waals surface area contributed by atoms with Crippen LogP contribution < -0.4 is 5.73 Å². The van der Waals surface area contributed by atoms with Crippen LogP contribution in [-0.4, -0.2) is 26.0 Å². The monoisotopic (exact) mass is 274 g/mol. The summed E-state index contributed by atoms with van der Waals surface area (Å²) in [6.45, 7) is 0. The van der Waals surface area contributed by atoms with E-state index < -0.39 is 0 Å². The zero-order valence-electron chi connectivity index (χ0n) is 10.3. The number of amidine groups is 1. The highest BCUT2D eigenvalue weighted by atomic mass is 32.2. The Bertz CT molecular complexity index is 604. The van der Waals surface area contributed by atoms with Crippen molar-refractivity contribution in [1.82, 2.24) is 20.2 Å². The molecule has 0 bridgehead atoms. The molecule has 0 radical (unpaired) electrons. The van der Waals surface area contributed by atoms with Crippen molar-refractivity contribution < 1.29 is 0 Å². The zero-order valence-corrected chi connectivity index (χ0v) is 11.1. The Kier molecular flexibility index (Phi) is 3.20. The van der Waals surface area contributed by atoms with Crippen LogP contribution in [0.2, 0.25) is 0 Å². The van der Waals surface area contributed by atoms with Crippen molar-refractivity contribution in [2.75, 3.05) is 0 Å². The topological polar surface area (TPSA) is 93.5 Å². The van der Waals surface area contributed by atoms with Crippen LogP contribution in [-0.2, 0) is 5.75 Å². The van der Waals surface area contributed by atoms with E-state index in [1.54, 1.807) is 11.8 Å². The Balaban J connectivity index is 1.75. The van der Waals surface area contributed by atoms with Crippen LogP contribution in [0.5, 0.6) is 0 Å². The number of nitrogens with zero attached hydrogens (tertiary/aromatic N) is 4. The quantitative estimate of drug-likeness (QED) is 0.490. The van der Waals surface area contributed by atoms with Crippen molar-refractivity contribution in [3.8, 4) is 0 Å². The first-order valence-electron chi connectivity index (χ1n) is 6.08. The molecule has 1 aliphatic carbocycles. The highest BCUT2D eigenvalue weighted by Gasteiger charge is 2.27. The third-order valence-corrected chi connectivity index (χ3v) is 4.00. The minimum atomic E-state index is 0.0954. The van der Waals surface area contributed by atoms with Crippen LogP contribution in [0.15, 0.2) is 29.4 Å². The van der Waals surface area contributed by atoms with Gasteiger partial charge in [0.2, 0.25) is 5.16 Å². The molecule has 1 heterocycles. The third-order valence-electron chi connectivity index (χ3n) is 3.02. The first-order valence-corrected chi connectivity index (χ1v) is 7.07. The standard InChI is InChI=1S/C12H14N6S/c13-11(14)10-4-2-1-3-8(10)7-19-12-15-16-17-18(12)9-5-6-9/h1-4,9H,5-7H2,(H3,13,14). The van der Waals surface area contributed by atoms with Crippen LogP contribution in [0.3, 0.4) is 0 Å². The molecule has 0 unspecified atom stereocenters. The average Bonchev–Trinajstić information content (AvgIpc) is 3.15. The summed E-state index contributed by atoms with van der Waals surface area (Å²) in [6, 6.07) is 8.16. The van der Waals surface area contributed by atoms with E-state index in [2.05, 4.69) is 15.5 Å². The molecule has 19 heavy (non-hydrogen) atoms. The molecule has 2 aromatic rings. The maximum absolute atomic E-state index is 7.57. The molecule has 0 amide bonds. The van der Waals surface area contributed by atoms with Gasteiger partial charge in [0.25, 0.3) is 0 Å². The van der Waals surface area contributed by atoms with Crippen LogP contribution in [0.1, 0.15) is 30.0 Å². The van der Waals surface area contributed by atoms with Crippen molar-refractivity contribution in [3.63, 3.8) is 0 Å². The number of benzene rings is 1. The number of aromatic nitrogens is 4. The molecular weight excluding hydrogens is 260 g/mol. The summed E-state index contributed by atoms with van der Waals surface area (Å²) in [6.07, 6.45) is 2.31. The number of hydrogen-bond acceptors (Lipinski definition) is 5. The van der Waals surface area contributed by atoms with E-state index in [-0.39, 0.29) is 5.84 Å². The SMILES string of the molecule is N=C(N)c1ccccc1CSc1nnnn1C1CC1. The summed E-state index contributed by atoms with van der Waals surface area (Å²) < 4.78 is 1.89. The fourth-order valence-electron chi connectivity index (χ4n) is 1.88. The summed E-state index contributed by atoms with van der Waals surface area (Å²) in [5.74, 6) is 0.807. The van der Waals surface area contributed by atoms with E-state index in [1.165, 1.54) is 0 Å². The lowest BCUT2D eigenvalue weighted by Crippen LogP contribution is -2.13. The Morgan fingerprint density at radius 1 is 1.42 bits per heavy atom. The molecule has 0 aliphatic heterocycles. The molecule has 98 valence electrons. The van der Waals surface area contributed by atoms with E-state index >= 15 is 0 Å². The summed E-state index contributed by atoms with van der Waals surface area (Å²) in [5, 5.41) is 20.2. The van der Waals surface area contributed by atoms with Gasteiger partial charge in [-0.1, -0.05) is 36.0 Å². The third kappa shape index (κ3) is 2.60. The minimum Gasteiger partial charge on any atom is -0.384 e. The first-order chi connectivity index (χ1) is 9.25. The second-order valence-corrected chi connectivity index (χ2v) is 5.44. The fourth-order valence-corrected chi connectivity index (χ4v) is 2.83. The maximum atomic E-state index is 7.57. The predicted octanol–water partition coefficient (Wildman–Crippen LogP) is 1.58. The second-order valence-electron chi connectivity index (χ2n) is 4.50. The van der Waals surface area contributed by atoms with E-state index in [0.717, 1.165) is 29.1 Å². The smallest absolute Gasteiger partial charge is 0.209 e. The molecule has 6 nitrogen and oxygen atoms in total. The van der Waals surface area contributed by atoms with Gasteiger partial charge >= 0.3 is 0 Å². The van der Waals surface area contributed by atoms with E-state index in [0.29, 0.717) is 11.8 Å². The van der Waals surface area contributed by atoms with E-state index in [1.807, 2.05) is 28.9 Å². The van der Waals surface area contributed by atoms with Gasteiger partial charge in [-0.25, -0.2) is 4.68 Å². The van der Waals surface area contributed by atoms with Gasteiger partial charge in [-0.15, -0.1) is 5.10 Å². The van der Waals surface area contributed by atoms with Gasteiger partial charge in [0.1, 0.15) is 5.84 Å². The first kappa shape index (κ1) is 12.2. The largest absolute Gasteiger partial charge is 0.384 e. The van der Waals surface area contributed by atoms with E-state index in [9.17, 15) is 0 Å². The summed E-state index contributed by atoms with van der Waals surface area (Å²) >= 11 is 1.58. The maximum Gasteiger partial charge on any atom is 0.209 e. The second kappa shape index (κ2) is 5.00. The molecule has 0 atom stereocenters. The number of tetrazole rings is 1. The highest BCUT2D eigenvalue weighted by Crippen LogP contribution is 2.37. The van der Waals surface area contributed by atoms with Crippen molar-refractivity contribution in [2.45, 2.75) is 29.8 Å². The molecule has 1 fully saturated rings. The number of hydrogen-bond donors (Lipinski definition) is 2. The normalized spacial score (nSPS) is 14.5. The van der Waals surface area contributed by atoms with Gasteiger partial charge in [0, 0.05) is 11.3 Å². The molecule has 1 aromatic heterocycles. The Morgan fingerprint density at radius 2 is 2.21 bits per heavy atom. The van der Waals surface area contributed by atoms with Crippen molar-refractivity contribution in [1.29, 1.82) is 5.41 Å². The van der Waals surface area contributed by atoms with Crippen LogP contribution in [0.4, 0.5) is 0 Å². The molecule has 1 saturated carbocycles. The number of nitrogens with two attached hydrogens (primary N) is 1. The van der Waals surface area contributed by atoms with Gasteiger partial charge in [-0.3, -0.25) is 5.41 Å². The van der Waals surface area contributed by atoms with Crippen LogP contribution in [0.25, 0.3) is 0 Å². The summed E-state index contributed by atoms with van der Waals surface area (Å²) in [5.41, 5.74) is 7.39. The Labute approximate surface area is 114 Å². The number of nitrogen functional groups attached to an aromatic ring is 1. The molecule has 3 rings (SSSR count). The van der Waals surface area contributed by atoms with Crippen LogP contribution >= 0.6 is 11.8 Å². The lowest BCUT2D eigenvalue weighted by atomic mass is 10.1. The van der Waals surface area contributed by atoms with Gasteiger partial charge in [-0.05, 0) is 28.8 Å². The Morgan fingerprint density at radius 3 is 2.95 bits per heavy atom. The van der Waals surface area contributed by atoms with Crippen molar-refractivity contribution >= 4 is 17.6 Å². The molecular formula is C12H14N6S. The highest BCUT2D eigenvalue weighted by molar-refractivity contribution is 7.98. The molecule has 0 spiro atoms. The van der Waals surface area contributed by atoms with E-state index in [4.69, 9.17) is 11.1 Å². The molecule has 0 saturated heterocycles. The van der Waals surface area contributed by atoms with Crippen LogP contribution in [0, 0.1) is 5.41 Å². The summed E-state index contributed by atoms with van der Waals surface area (Å²) in [4.78, 5) is 0. The Hall–Kier alpha value is -1.89. The number of rotatable bonds is 5. The van der Waals surface area contributed by atoms with Gasteiger partial charge in [0.15, 0.2) is 0 Å². The molecule has 7 heteroatoms. The predicted molar refractivity (Wildman–Crippen MR) is 73.1 cm³/mol. The lowest BCUT2D eigenvalue weighted by Gasteiger charge is -2.07. The number of nitrogens with one attached hydrogen (secondary N) is 1. The summed E-state index contributed by atoms with van der Waals surface area (Å²) in [7, 11) is 0. The molecule has 1 aromatic carbocycles. The van der Waals surface area contributed by atoms with Gasteiger partial charge < -0.3 is 5.73 Å². The lowest BCUT2D eigenvalue weighted by molar-refractivity contribution is 0.565. The average molecular weight is 274 g/mol. The molecule has 3 N–H and O–H groups in total. The van der Waals surface area contributed by atoms with Crippen molar-refractivity contribution in [2.24, 2.45) is 5.73 Å². The van der Waals surface area contributed by atoms with Gasteiger partial charge in [-0.2, -0.15) is 0 Å². The molecule has 1 aliphatic rings.